The number of hydrogen-bond acceptors (Lipinski definition) is 10. The van der Waals surface area contributed by atoms with Crippen LogP contribution in [0.1, 0.15) is 27.8 Å². The predicted octanol–water partition coefficient (Wildman–Crippen LogP) is 8.96. The summed E-state index contributed by atoms with van der Waals surface area (Å²) in [5.74, 6) is 0. The molecule has 0 bridgehead atoms. The predicted molar refractivity (Wildman–Crippen MR) is 225 cm³/mol. The van der Waals surface area contributed by atoms with E-state index in [1.807, 2.05) is 60.7 Å². The molecule has 57 heavy (non-hydrogen) atoms. The summed E-state index contributed by atoms with van der Waals surface area (Å²) in [5, 5.41) is 51.2. The van der Waals surface area contributed by atoms with Crippen molar-refractivity contribution in [2.75, 3.05) is 28.7 Å². The van der Waals surface area contributed by atoms with Crippen LogP contribution in [0.3, 0.4) is 0 Å². The number of anilines is 5. The second-order valence-electron chi connectivity index (χ2n) is 13.2. The Morgan fingerprint density at radius 1 is 0.263 bits per heavy atom. The minimum Gasteiger partial charge on any atom is -0.398 e. The topological polar surface area (TPSA) is 249 Å². The van der Waals surface area contributed by atoms with Crippen LogP contribution >= 0.6 is 0 Å². The summed E-state index contributed by atoms with van der Waals surface area (Å²) in [7, 11) is 0. The van der Waals surface area contributed by atoms with E-state index in [1.54, 1.807) is 42.5 Å². The molecule has 0 saturated carbocycles. The van der Waals surface area contributed by atoms with Gasteiger partial charge in [-0.1, -0.05) is 60.7 Å². The molecular formula is C47H30N10. The molecule has 0 unspecified atom stereocenters. The smallest absolute Gasteiger partial charge is 0.0998 e. The van der Waals surface area contributed by atoms with E-state index in [2.05, 4.69) is 30.3 Å². The van der Waals surface area contributed by atoms with Crippen LogP contribution in [-0.4, -0.2) is 0 Å². The maximum atomic E-state index is 10.4. The van der Waals surface area contributed by atoms with Gasteiger partial charge in [0.15, 0.2) is 0 Å². The van der Waals surface area contributed by atoms with Crippen molar-refractivity contribution in [2.24, 2.45) is 0 Å². The molecule has 0 saturated heterocycles. The van der Waals surface area contributed by atoms with E-state index in [4.69, 9.17) is 28.7 Å². The number of nitrogen functional groups attached to an aromatic ring is 5. The fourth-order valence-electron chi connectivity index (χ4n) is 7.09. The second-order valence-corrected chi connectivity index (χ2v) is 13.2. The first kappa shape index (κ1) is 36.4. The molecule has 0 aliphatic carbocycles. The molecule has 0 aliphatic rings. The summed E-state index contributed by atoms with van der Waals surface area (Å²) in [6, 6.07) is 46.2. The number of nitrogens with two attached hydrogens (primary N) is 5. The molecular weight excluding hydrogens is 705 g/mol. The highest BCUT2D eigenvalue weighted by molar-refractivity contribution is 5.97. The Bertz CT molecular complexity index is 3010. The molecule has 0 radical (unpaired) electrons. The summed E-state index contributed by atoms with van der Waals surface area (Å²) in [4.78, 5) is 0. The maximum Gasteiger partial charge on any atom is 0.0998 e. The van der Waals surface area contributed by atoms with E-state index < -0.39 is 0 Å². The zero-order valence-electron chi connectivity index (χ0n) is 30.2. The molecule has 0 spiro atoms. The molecule has 0 atom stereocenters. The summed E-state index contributed by atoms with van der Waals surface area (Å²) in [6.45, 7) is 0. The molecule has 268 valence electrons. The Labute approximate surface area is 328 Å². The van der Waals surface area contributed by atoms with E-state index >= 15 is 0 Å². The van der Waals surface area contributed by atoms with Crippen molar-refractivity contribution in [2.45, 2.75) is 0 Å². The lowest BCUT2D eigenvalue weighted by atomic mass is 9.86. The van der Waals surface area contributed by atoms with Crippen molar-refractivity contribution in [1.82, 2.24) is 0 Å². The largest absolute Gasteiger partial charge is 0.398 e. The van der Waals surface area contributed by atoms with E-state index in [0.717, 1.165) is 11.1 Å². The van der Waals surface area contributed by atoms with Crippen molar-refractivity contribution in [3.8, 4) is 97.1 Å². The summed E-state index contributed by atoms with van der Waals surface area (Å²) < 4.78 is 0. The average Bonchev–Trinajstić information content (AvgIpc) is 3.24. The fourth-order valence-corrected chi connectivity index (χ4v) is 7.09. The van der Waals surface area contributed by atoms with Crippen LogP contribution in [0.15, 0.2) is 121 Å². The van der Waals surface area contributed by atoms with Gasteiger partial charge < -0.3 is 28.7 Å². The highest BCUT2D eigenvalue weighted by Crippen LogP contribution is 2.45. The van der Waals surface area contributed by atoms with Crippen molar-refractivity contribution < 1.29 is 0 Å². The van der Waals surface area contributed by atoms with Crippen molar-refractivity contribution in [3.63, 3.8) is 0 Å². The molecule has 0 amide bonds. The molecule has 7 rings (SSSR count). The normalized spacial score (nSPS) is 10.4. The van der Waals surface area contributed by atoms with Crippen LogP contribution in [0, 0.1) is 56.7 Å². The third-order valence-corrected chi connectivity index (χ3v) is 9.88. The van der Waals surface area contributed by atoms with Crippen molar-refractivity contribution in [1.29, 1.82) is 26.3 Å². The van der Waals surface area contributed by atoms with Crippen LogP contribution < -0.4 is 28.7 Å². The van der Waals surface area contributed by atoms with Gasteiger partial charge in [-0.25, -0.2) is 0 Å². The second kappa shape index (κ2) is 14.8. The molecule has 10 nitrogen and oxygen atoms in total. The van der Waals surface area contributed by atoms with Gasteiger partial charge in [0.25, 0.3) is 0 Å². The standard InChI is InChI=1S/C47H30N10/c48-21-28-11-44(54)39(16-33(28)26-7-3-1-4-8-26)35-18-41(46(56)13-30(35)23-50)37-20-42(47(57)15-32(37)25-52)36-19-40(45(55)14-31(36)24-51)34-17-38(27-9-5-2-6-10-27)43(53)12-29(34)22-49/h1-20H,53-57H2. The Morgan fingerprint density at radius 3 is 0.789 bits per heavy atom. The molecule has 0 aliphatic heterocycles. The van der Waals surface area contributed by atoms with Crippen LogP contribution in [0.2, 0.25) is 0 Å². The quantitative estimate of drug-likeness (QED) is 0.101. The lowest BCUT2D eigenvalue weighted by molar-refractivity contribution is 1.44. The highest BCUT2D eigenvalue weighted by Gasteiger charge is 2.22. The van der Waals surface area contributed by atoms with E-state index in [1.165, 1.54) is 18.2 Å². The molecule has 0 heterocycles. The van der Waals surface area contributed by atoms with E-state index in [0.29, 0.717) is 66.9 Å². The Hall–Kier alpha value is -9.01. The minimum atomic E-state index is 0.184. The number of rotatable bonds is 6. The van der Waals surface area contributed by atoms with Gasteiger partial charge in [0.1, 0.15) is 0 Å². The third kappa shape index (κ3) is 6.50. The van der Waals surface area contributed by atoms with Crippen LogP contribution in [0.4, 0.5) is 28.4 Å². The van der Waals surface area contributed by atoms with E-state index in [-0.39, 0.29) is 45.0 Å². The maximum absolute atomic E-state index is 10.4. The van der Waals surface area contributed by atoms with Crippen LogP contribution in [-0.2, 0) is 0 Å². The van der Waals surface area contributed by atoms with Crippen LogP contribution in [0.25, 0.3) is 66.8 Å². The average molecular weight is 735 g/mol. The van der Waals surface area contributed by atoms with Crippen LogP contribution in [0.5, 0.6) is 0 Å². The van der Waals surface area contributed by atoms with Crippen molar-refractivity contribution >= 4 is 28.4 Å². The molecule has 7 aromatic carbocycles. The number of benzene rings is 7. The lowest BCUT2D eigenvalue weighted by Crippen LogP contribution is -2.02. The van der Waals surface area contributed by atoms with Gasteiger partial charge in [-0.05, 0) is 71.8 Å². The summed E-state index contributed by atoms with van der Waals surface area (Å²) in [5.41, 5.74) is 41.8. The first-order chi connectivity index (χ1) is 27.6. The van der Waals surface area contributed by atoms with Gasteiger partial charge in [0, 0.05) is 84.1 Å². The summed E-state index contributed by atoms with van der Waals surface area (Å²) >= 11 is 0. The number of hydrogen-bond donors (Lipinski definition) is 5. The minimum absolute atomic E-state index is 0.184. The van der Waals surface area contributed by atoms with Gasteiger partial charge in [0.2, 0.25) is 0 Å². The highest BCUT2D eigenvalue weighted by atomic mass is 14.6. The molecule has 10 N–H and O–H groups in total. The number of nitriles is 5. The summed E-state index contributed by atoms with van der Waals surface area (Å²) in [6.07, 6.45) is 0. The molecule has 7 aromatic rings. The monoisotopic (exact) mass is 734 g/mol. The van der Waals surface area contributed by atoms with Gasteiger partial charge in [-0.15, -0.1) is 0 Å². The lowest BCUT2D eigenvalue weighted by Gasteiger charge is -2.19. The third-order valence-electron chi connectivity index (χ3n) is 9.88. The van der Waals surface area contributed by atoms with Gasteiger partial charge in [0.05, 0.1) is 58.2 Å². The van der Waals surface area contributed by atoms with Gasteiger partial charge >= 0.3 is 0 Å². The van der Waals surface area contributed by atoms with Gasteiger partial charge in [-0.2, -0.15) is 26.3 Å². The van der Waals surface area contributed by atoms with Gasteiger partial charge in [-0.3, -0.25) is 0 Å². The van der Waals surface area contributed by atoms with E-state index in [9.17, 15) is 26.3 Å². The number of nitrogens with zero attached hydrogens (tertiary/aromatic N) is 5. The molecule has 0 aromatic heterocycles. The van der Waals surface area contributed by atoms with Crippen molar-refractivity contribution in [3.05, 3.63) is 149 Å². The Kier molecular flexibility index (Phi) is 9.43. The SMILES string of the molecule is N#Cc1cc(N)c(-c2cc(-c3cc(-c4cc(-c5cc(-c6ccccc6)c(N)cc5C#N)c(N)cc4C#N)c(N)cc3C#N)c(N)cc2C#N)cc1-c1ccccc1. The Morgan fingerprint density at radius 2 is 0.491 bits per heavy atom. The first-order valence-electron chi connectivity index (χ1n) is 17.4. The molecule has 10 heteroatoms. The fraction of sp³-hybridized carbons (Fsp3) is 0. The Balaban J connectivity index is 1.45. The molecule has 0 fully saturated rings. The zero-order chi connectivity index (χ0) is 40.4. The first-order valence-corrected chi connectivity index (χ1v) is 17.4. The zero-order valence-corrected chi connectivity index (χ0v) is 30.2.